The molecule has 0 unspecified atom stereocenters. The first kappa shape index (κ1) is 17.9. The van der Waals surface area contributed by atoms with Gasteiger partial charge in [0.25, 0.3) is 10.0 Å². The highest BCUT2D eigenvalue weighted by Crippen LogP contribution is 2.23. The molecule has 0 radical (unpaired) electrons. The third kappa shape index (κ3) is 4.40. The van der Waals surface area contributed by atoms with Crippen LogP contribution in [0.5, 0.6) is 5.75 Å². The fraction of sp³-hybridized carbons (Fsp3) is 0.222. The fourth-order valence-electron chi connectivity index (χ4n) is 2.46. The van der Waals surface area contributed by atoms with E-state index in [0.717, 1.165) is 5.56 Å². The molecule has 0 aliphatic carbocycles. The van der Waals surface area contributed by atoms with Gasteiger partial charge in [0.2, 0.25) is 0 Å². The van der Waals surface area contributed by atoms with Gasteiger partial charge >= 0.3 is 0 Å². The number of nitrogens with zero attached hydrogens (tertiary/aromatic N) is 3. The molecule has 0 amide bonds. The lowest BCUT2D eigenvalue weighted by Crippen LogP contribution is -2.14. The van der Waals surface area contributed by atoms with E-state index < -0.39 is 10.0 Å². The van der Waals surface area contributed by atoms with Gasteiger partial charge in [0.05, 0.1) is 17.1 Å². The highest BCUT2D eigenvalue weighted by atomic mass is 32.2. The van der Waals surface area contributed by atoms with Crippen molar-refractivity contribution in [2.75, 3.05) is 11.3 Å². The fourth-order valence-corrected chi connectivity index (χ4v) is 3.84. The van der Waals surface area contributed by atoms with Crippen LogP contribution < -0.4 is 9.46 Å². The molecule has 1 heterocycles. The molecule has 0 saturated heterocycles. The summed E-state index contributed by atoms with van der Waals surface area (Å²) in [6, 6.07) is 12.2. The van der Waals surface area contributed by atoms with Gasteiger partial charge in [0.1, 0.15) is 25.0 Å². The first-order valence-corrected chi connectivity index (χ1v) is 9.58. The largest absolute Gasteiger partial charge is 0.492 e. The summed E-state index contributed by atoms with van der Waals surface area (Å²) in [5, 5.41) is 4.00. The van der Waals surface area contributed by atoms with E-state index in [1.54, 1.807) is 54.3 Å². The summed E-state index contributed by atoms with van der Waals surface area (Å²) in [4.78, 5) is 4.14. The monoisotopic (exact) mass is 372 g/mol. The predicted molar refractivity (Wildman–Crippen MR) is 98.7 cm³/mol. The van der Waals surface area contributed by atoms with Crippen molar-refractivity contribution < 1.29 is 13.2 Å². The van der Waals surface area contributed by atoms with E-state index in [1.165, 1.54) is 6.33 Å². The minimum atomic E-state index is -3.67. The second-order valence-corrected chi connectivity index (χ2v) is 7.56. The van der Waals surface area contributed by atoms with Crippen molar-refractivity contribution in [3.8, 4) is 5.75 Å². The molecule has 0 atom stereocenters. The Labute approximate surface area is 152 Å². The van der Waals surface area contributed by atoms with Crippen LogP contribution >= 0.6 is 0 Å². The molecule has 0 saturated carbocycles. The topological polar surface area (TPSA) is 86.1 Å². The van der Waals surface area contributed by atoms with Crippen LogP contribution in [0.25, 0.3) is 0 Å². The molecule has 0 spiro atoms. The molecule has 136 valence electrons. The Balaban J connectivity index is 1.70. The zero-order chi connectivity index (χ0) is 18.6. The van der Waals surface area contributed by atoms with E-state index in [0.29, 0.717) is 30.2 Å². The van der Waals surface area contributed by atoms with Gasteiger partial charge in [-0.15, -0.1) is 0 Å². The minimum absolute atomic E-state index is 0.273. The number of aryl methyl sites for hydroxylation is 2. The van der Waals surface area contributed by atoms with E-state index >= 15 is 0 Å². The zero-order valence-electron chi connectivity index (χ0n) is 14.6. The molecular weight excluding hydrogens is 352 g/mol. The van der Waals surface area contributed by atoms with Crippen molar-refractivity contribution in [1.82, 2.24) is 14.8 Å². The lowest BCUT2D eigenvalue weighted by Gasteiger charge is -2.12. The van der Waals surface area contributed by atoms with Gasteiger partial charge in [-0.2, -0.15) is 5.10 Å². The number of hydrogen-bond donors (Lipinski definition) is 1. The van der Waals surface area contributed by atoms with Gasteiger partial charge in [-0.1, -0.05) is 18.2 Å². The van der Waals surface area contributed by atoms with Crippen molar-refractivity contribution in [3.63, 3.8) is 0 Å². The van der Waals surface area contributed by atoms with Crippen molar-refractivity contribution in [3.05, 3.63) is 66.2 Å². The standard InChI is InChI=1S/C18H20N4O3S/c1-14-6-7-15(2)18(10-14)26(23,24)21-16-4-3-5-17(11-16)25-9-8-22-13-19-12-20-22/h3-7,10-13,21H,8-9H2,1-2H3. The summed E-state index contributed by atoms with van der Waals surface area (Å²) in [6.07, 6.45) is 3.07. The molecule has 1 N–H and O–H groups in total. The average molecular weight is 372 g/mol. The quantitative estimate of drug-likeness (QED) is 0.689. The van der Waals surface area contributed by atoms with Crippen LogP contribution in [0.4, 0.5) is 5.69 Å². The van der Waals surface area contributed by atoms with Crippen LogP contribution in [0, 0.1) is 13.8 Å². The van der Waals surface area contributed by atoms with Gasteiger partial charge in [0.15, 0.2) is 0 Å². The number of anilines is 1. The molecule has 0 aliphatic rings. The number of aromatic nitrogens is 3. The molecule has 0 aliphatic heterocycles. The van der Waals surface area contributed by atoms with E-state index in [1.807, 2.05) is 13.0 Å². The summed E-state index contributed by atoms with van der Waals surface area (Å²) in [7, 11) is -3.67. The Bertz CT molecular complexity index is 985. The van der Waals surface area contributed by atoms with Gasteiger partial charge in [-0.05, 0) is 43.2 Å². The van der Waals surface area contributed by atoms with Gasteiger partial charge in [-0.25, -0.2) is 18.1 Å². The van der Waals surface area contributed by atoms with Gasteiger partial charge < -0.3 is 4.74 Å². The van der Waals surface area contributed by atoms with Gasteiger partial charge in [0, 0.05) is 6.07 Å². The molecule has 1 aromatic heterocycles. The van der Waals surface area contributed by atoms with Crippen LogP contribution in [-0.2, 0) is 16.6 Å². The third-order valence-electron chi connectivity index (χ3n) is 3.78. The van der Waals surface area contributed by atoms with E-state index in [-0.39, 0.29) is 4.90 Å². The predicted octanol–water partition coefficient (Wildman–Crippen LogP) is 2.77. The third-order valence-corrected chi connectivity index (χ3v) is 5.30. The Morgan fingerprint density at radius 2 is 2.00 bits per heavy atom. The molecule has 0 bridgehead atoms. The zero-order valence-corrected chi connectivity index (χ0v) is 15.4. The summed E-state index contributed by atoms with van der Waals surface area (Å²) in [5.74, 6) is 0.575. The van der Waals surface area contributed by atoms with Crippen molar-refractivity contribution >= 4 is 15.7 Å². The van der Waals surface area contributed by atoms with Crippen LogP contribution in [0.15, 0.2) is 60.0 Å². The van der Waals surface area contributed by atoms with E-state index in [4.69, 9.17) is 4.74 Å². The minimum Gasteiger partial charge on any atom is -0.492 e. The van der Waals surface area contributed by atoms with Crippen LogP contribution in [0.2, 0.25) is 0 Å². The van der Waals surface area contributed by atoms with Crippen LogP contribution in [0.1, 0.15) is 11.1 Å². The highest BCUT2D eigenvalue weighted by Gasteiger charge is 2.17. The van der Waals surface area contributed by atoms with E-state index in [9.17, 15) is 8.42 Å². The van der Waals surface area contributed by atoms with Crippen molar-refractivity contribution in [1.29, 1.82) is 0 Å². The second kappa shape index (κ2) is 7.57. The normalized spacial score (nSPS) is 11.3. The number of benzene rings is 2. The molecule has 3 aromatic rings. The van der Waals surface area contributed by atoms with Crippen molar-refractivity contribution in [2.45, 2.75) is 25.3 Å². The first-order chi connectivity index (χ1) is 12.4. The molecule has 0 fully saturated rings. The van der Waals surface area contributed by atoms with Gasteiger partial charge in [-0.3, -0.25) is 4.72 Å². The second-order valence-electron chi connectivity index (χ2n) is 5.91. The molecule has 26 heavy (non-hydrogen) atoms. The lowest BCUT2D eigenvalue weighted by molar-refractivity contribution is 0.291. The first-order valence-electron chi connectivity index (χ1n) is 8.09. The maximum atomic E-state index is 12.7. The Morgan fingerprint density at radius 1 is 1.15 bits per heavy atom. The highest BCUT2D eigenvalue weighted by molar-refractivity contribution is 7.92. The van der Waals surface area contributed by atoms with Crippen LogP contribution in [0.3, 0.4) is 0 Å². The molecule has 7 nitrogen and oxygen atoms in total. The molecule has 3 rings (SSSR count). The smallest absolute Gasteiger partial charge is 0.262 e. The average Bonchev–Trinajstić information content (AvgIpc) is 3.10. The number of hydrogen-bond acceptors (Lipinski definition) is 5. The number of ether oxygens (including phenoxy) is 1. The number of nitrogens with one attached hydrogen (secondary N) is 1. The molecule has 2 aromatic carbocycles. The maximum Gasteiger partial charge on any atom is 0.262 e. The number of rotatable bonds is 7. The Hall–Kier alpha value is -2.87. The maximum absolute atomic E-state index is 12.7. The summed E-state index contributed by atoms with van der Waals surface area (Å²) in [6.45, 7) is 4.59. The van der Waals surface area contributed by atoms with Crippen LogP contribution in [-0.4, -0.2) is 29.8 Å². The Morgan fingerprint density at radius 3 is 2.77 bits per heavy atom. The van der Waals surface area contributed by atoms with Crippen molar-refractivity contribution in [2.24, 2.45) is 0 Å². The van der Waals surface area contributed by atoms with E-state index in [2.05, 4.69) is 14.8 Å². The SMILES string of the molecule is Cc1ccc(C)c(S(=O)(=O)Nc2cccc(OCCn3cncn3)c2)c1. The molecular formula is C18H20N4O3S. The number of sulfonamides is 1. The summed E-state index contributed by atoms with van der Waals surface area (Å²) < 4.78 is 35.3. The summed E-state index contributed by atoms with van der Waals surface area (Å²) in [5.41, 5.74) is 2.04. The lowest BCUT2D eigenvalue weighted by atomic mass is 10.2. The summed E-state index contributed by atoms with van der Waals surface area (Å²) >= 11 is 0. The Kier molecular flexibility index (Phi) is 5.22. The molecule has 8 heteroatoms.